The second kappa shape index (κ2) is 6.29. The summed E-state index contributed by atoms with van der Waals surface area (Å²) in [6, 6.07) is 1.79. The Morgan fingerprint density at radius 2 is 1.89 bits per heavy atom. The van der Waals surface area contributed by atoms with Crippen LogP contribution in [0.5, 0.6) is 0 Å². The summed E-state index contributed by atoms with van der Waals surface area (Å²) in [5.41, 5.74) is -0.840. The van der Waals surface area contributed by atoms with Gasteiger partial charge in [0.25, 0.3) is 0 Å². The van der Waals surface area contributed by atoms with E-state index in [0.717, 1.165) is 12.1 Å². The molecular weight excluding hydrogens is 348 g/mol. The van der Waals surface area contributed by atoms with E-state index in [-0.39, 0.29) is 11.1 Å². The average molecular weight is 358 g/mol. The molecule has 1 rings (SSSR count). The first-order valence-corrected chi connectivity index (χ1v) is 7.50. The third kappa shape index (κ3) is 4.75. The van der Waals surface area contributed by atoms with E-state index in [1.54, 1.807) is 4.72 Å². The zero-order chi connectivity index (χ0) is 14.6. The normalized spacial score (nSPS) is 11.2. The lowest BCUT2D eigenvalue weighted by atomic mass is 10.3. The van der Waals surface area contributed by atoms with Gasteiger partial charge in [-0.05, 0) is 19.1 Å². The lowest BCUT2D eigenvalue weighted by Crippen LogP contribution is -2.25. The number of nitrogens with one attached hydrogen (secondary N) is 1. The van der Waals surface area contributed by atoms with Crippen molar-refractivity contribution in [1.82, 2.24) is 0 Å². The van der Waals surface area contributed by atoms with Crippen LogP contribution in [-0.4, -0.2) is 26.7 Å². The predicted molar refractivity (Wildman–Crippen MR) is 68.1 cm³/mol. The Balaban J connectivity index is 2.93. The van der Waals surface area contributed by atoms with Gasteiger partial charge < -0.3 is 4.74 Å². The fourth-order valence-electron chi connectivity index (χ4n) is 1.19. The number of carbonyl (C=O) groups is 1. The summed E-state index contributed by atoms with van der Waals surface area (Å²) < 4.78 is 56.1. The molecule has 0 aliphatic carbocycles. The first-order valence-electron chi connectivity index (χ1n) is 5.06. The fourth-order valence-corrected chi connectivity index (χ4v) is 2.56. The molecule has 0 saturated carbocycles. The van der Waals surface area contributed by atoms with Gasteiger partial charge in [-0.2, -0.15) is 0 Å². The number of carbonyl (C=O) groups excluding carboxylic acids is 1. The number of sulfonamides is 1. The van der Waals surface area contributed by atoms with Crippen LogP contribution in [0.1, 0.15) is 6.92 Å². The molecule has 1 N–H and O–H groups in total. The minimum Gasteiger partial charge on any atom is -0.465 e. The summed E-state index contributed by atoms with van der Waals surface area (Å²) in [7, 11) is -4.23. The van der Waals surface area contributed by atoms with Gasteiger partial charge in [-0.15, -0.1) is 0 Å². The summed E-state index contributed by atoms with van der Waals surface area (Å²) in [4.78, 5) is 11.0. The topological polar surface area (TPSA) is 72.5 Å². The third-order valence-electron chi connectivity index (χ3n) is 1.88. The Bertz CT molecular complexity index is 568. The Morgan fingerprint density at radius 3 is 2.37 bits per heavy atom. The Kier molecular flexibility index (Phi) is 5.24. The van der Waals surface area contributed by atoms with E-state index in [1.165, 1.54) is 6.92 Å². The summed E-state index contributed by atoms with van der Waals surface area (Å²) in [6.07, 6.45) is 0. The number of hydrogen-bond acceptors (Lipinski definition) is 4. The van der Waals surface area contributed by atoms with Gasteiger partial charge >= 0.3 is 5.97 Å². The maximum atomic E-state index is 13.4. The Hall–Kier alpha value is -1.22. The predicted octanol–water partition coefficient (Wildman–Crippen LogP) is 2.03. The number of ether oxygens (including phenoxy) is 1. The molecule has 0 amide bonds. The molecule has 0 aliphatic rings. The zero-order valence-electron chi connectivity index (χ0n) is 9.74. The second-order valence-electron chi connectivity index (χ2n) is 3.41. The van der Waals surface area contributed by atoms with Crippen molar-refractivity contribution < 1.29 is 26.7 Å². The van der Waals surface area contributed by atoms with Crippen molar-refractivity contribution in [1.29, 1.82) is 0 Å². The highest BCUT2D eigenvalue weighted by atomic mass is 79.9. The van der Waals surface area contributed by atoms with E-state index < -0.39 is 39.1 Å². The number of benzene rings is 1. The Morgan fingerprint density at radius 1 is 1.37 bits per heavy atom. The van der Waals surface area contributed by atoms with Gasteiger partial charge in [-0.3, -0.25) is 9.52 Å². The van der Waals surface area contributed by atoms with E-state index in [2.05, 4.69) is 20.7 Å². The lowest BCUT2D eigenvalue weighted by molar-refractivity contribution is -0.139. The van der Waals surface area contributed by atoms with Crippen LogP contribution in [0.4, 0.5) is 14.5 Å². The van der Waals surface area contributed by atoms with Crippen LogP contribution in [0.15, 0.2) is 16.6 Å². The molecule has 106 valence electrons. The minimum atomic E-state index is -4.23. The van der Waals surface area contributed by atoms with Crippen LogP contribution in [0, 0.1) is 11.6 Å². The van der Waals surface area contributed by atoms with Gasteiger partial charge in [0.05, 0.1) is 6.61 Å². The maximum Gasteiger partial charge on any atom is 0.323 e. The monoisotopic (exact) mass is 357 g/mol. The fraction of sp³-hybridized carbons (Fsp3) is 0.300. The van der Waals surface area contributed by atoms with E-state index in [1.807, 2.05) is 0 Å². The van der Waals surface area contributed by atoms with E-state index in [0.29, 0.717) is 0 Å². The molecule has 9 heteroatoms. The molecule has 0 radical (unpaired) electrons. The van der Waals surface area contributed by atoms with Crippen molar-refractivity contribution in [3.8, 4) is 0 Å². The van der Waals surface area contributed by atoms with Crippen LogP contribution in [-0.2, 0) is 19.6 Å². The molecule has 0 aromatic heterocycles. The molecule has 0 aliphatic heterocycles. The molecule has 0 fully saturated rings. The molecule has 1 aromatic rings. The molecule has 1 aromatic carbocycles. The molecule has 0 atom stereocenters. The summed E-state index contributed by atoms with van der Waals surface area (Å²) >= 11 is 2.86. The van der Waals surface area contributed by atoms with Crippen LogP contribution in [0.3, 0.4) is 0 Å². The molecule has 0 saturated heterocycles. The number of esters is 1. The van der Waals surface area contributed by atoms with E-state index in [9.17, 15) is 22.0 Å². The molecule has 0 spiro atoms. The van der Waals surface area contributed by atoms with Gasteiger partial charge in [0.1, 0.15) is 5.69 Å². The average Bonchev–Trinajstić information content (AvgIpc) is 2.23. The van der Waals surface area contributed by atoms with Crippen LogP contribution < -0.4 is 4.72 Å². The van der Waals surface area contributed by atoms with Crippen molar-refractivity contribution in [3.05, 3.63) is 28.2 Å². The van der Waals surface area contributed by atoms with Gasteiger partial charge in [0.2, 0.25) is 10.0 Å². The van der Waals surface area contributed by atoms with Crippen molar-refractivity contribution in [2.75, 3.05) is 17.1 Å². The van der Waals surface area contributed by atoms with Crippen LogP contribution in [0.2, 0.25) is 0 Å². The maximum absolute atomic E-state index is 13.4. The second-order valence-corrected chi connectivity index (χ2v) is 6.05. The van der Waals surface area contributed by atoms with Gasteiger partial charge in [0.15, 0.2) is 17.4 Å². The van der Waals surface area contributed by atoms with Gasteiger partial charge in [0, 0.05) is 4.47 Å². The number of anilines is 1. The molecule has 0 bridgehead atoms. The van der Waals surface area contributed by atoms with Crippen molar-refractivity contribution in [3.63, 3.8) is 0 Å². The number of hydrogen-bond donors (Lipinski definition) is 1. The largest absolute Gasteiger partial charge is 0.465 e. The van der Waals surface area contributed by atoms with E-state index in [4.69, 9.17) is 0 Å². The first-order chi connectivity index (χ1) is 8.75. The summed E-state index contributed by atoms with van der Waals surface area (Å²) in [5, 5.41) is 0. The minimum absolute atomic E-state index is 0.00929. The quantitative estimate of drug-likeness (QED) is 0.818. The summed E-state index contributed by atoms with van der Waals surface area (Å²) in [6.45, 7) is 1.52. The SMILES string of the molecule is CCOC(=O)CS(=O)(=O)Nc1c(F)cc(Br)cc1F. The molecule has 0 heterocycles. The number of rotatable bonds is 5. The first kappa shape index (κ1) is 15.8. The van der Waals surface area contributed by atoms with Gasteiger partial charge in [-0.1, -0.05) is 15.9 Å². The third-order valence-corrected chi connectivity index (χ3v) is 3.47. The van der Waals surface area contributed by atoms with Crippen molar-refractivity contribution >= 4 is 37.6 Å². The standard InChI is InChI=1S/C10H10BrF2NO4S/c1-2-18-9(15)5-19(16,17)14-10-7(12)3-6(11)4-8(10)13/h3-4,14H,2,5H2,1H3. The smallest absolute Gasteiger partial charge is 0.323 e. The van der Waals surface area contributed by atoms with E-state index >= 15 is 0 Å². The zero-order valence-corrected chi connectivity index (χ0v) is 12.1. The lowest BCUT2D eigenvalue weighted by Gasteiger charge is -2.09. The molecule has 5 nitrogen and oxygen atoms in total. The Labute approximate surface area is 117 Å². The highest BCUT2D eigenvalue weighted by Gasteiger charge is 2.21. The summed E-state index contributed by atoms with van der Waals surface area (Å²) in [5.74, 6) is -4.22. The molecule has 19 heavy (non-hydrogen) atoms. The molecular formula is C10H10BrF2NO4S. The highest BCUT2D eigenvalue weighted by molar-refractivity contribution is 9.10. The van der Waals surface area contributed by atoms with Crippen LogP contribution >= 0.6 is 15.9 Å². The highest BCUT2D eigenvalue weighted by Crippen LogP contribution is 2.24. The van der Waals surface area contributed by atoms with Gasteiger partial charge in [-0.25, -0.2) is 17.2 Å². The van der Waals surface area contributed by atoms with Crippen molar-refractivity contribution in [2.45, 2.75) is 6.92 Å². The van der Waals surface area contributed by atoms with Crippen molar-refractivity contribution in [2.24, 2.45) is 0 Å². The van der Waals surface area contributed by atoms with Crippen LogP contribution in [0.25, 0.3) is 0 Å². The number of halogens is 3. The molecule has 0 unspecified atom stereocenters.